The van der Waals surface area contributed by atoms with Gasteiger partial charge in [0.15, 0.2) is 11.6 Å². The van der Waals surface area contributed by atoms with Crippen molar-refractivity contribution < 1.29 is 14.2 Å². The molecule has 2 N–H and O–H groups in total. The fourth-order valence-corrected chi connectivity index (χ4v) is 2.08. The van der Waals surface area contributed by atoms with Crippen LogP contribution in [0, 0.1) is 11.7 Å². The molecule has 0 spiro atoms. The first-order chi connectivity index (χ1) is 9.99. The van der Waals surface area contributed by atoms with Crippen molar-refractivity contribution in [2.45, 2.75) is 52.2 Å². The molecule has 120 valence electrons. The molecule has 0 bridgehead atoms. The number of halogens is 1. The zero-order valence-corrected chi connectivity index (χ0v) is 13.3. The maximum absolute atomic E-state index is 13.3. The van der Waals surface area contributed by atoms with Crippen LogP contribution in [0.1, 0.15) is 40.0 Å². The minimum absolute atomic E-state index is 0.0899. The lowest BCUT2D eigenvalue weighted by molar-refractivity contribution is 0.101. The molecule has 1 aromatic carbocycles. The molecule has 0 heterocycles. The Morgan fingerprint density at radius 1 is 1.19 bits per heavy atom. The SMILES string of the molecule is CC(C)CCCC(C)NCC(O)COc1ccccc1F. The van der Waals surface area contributed by atoms with E-state index in [1.165, 1.54) is 18.9 Å². The highest BCUT2D eigenvalue weighted by Gasteiger charge is 2.09. The summed E-state index contributed by atoms with van der Waals surface area (Å²) in [6.07, 6.45) is 2.87. The van der Waals surface area contributed by atoms with Crippen molar-refractivity contribution >= 4 is 0 Å². The number of aliphatic hydroxyl groups excluding tert-OH is 1. The lowest BCUT2D eigenvalue weighted by atomic mass is 10.0. The van der Waals surface area contributed by atoms with Crippen LogP contribution < -0.4 is 10.1 Å². The van der Waals surface area contributed by atoms with E-state index in [-0.39, 0.29) is 12.4 Å². The normalized spacial score (nSPS) is 14.2. The third kappa shape index (κ3) is 8.02. The molecule has 0 aliphatic rings. The van der Waals surface area contributed by atoms with Crippen LogP contribution in [0.4, 0.5) is 4.39 Å². The Kier molecular flexibility index (Phi) is 8.31. The lowest BCUT2D eigenvalue weighted by Crippen LogP contribution is -2.36. The van der Waals surface area contributed by atoms with Gasteiger partial charge in [-0.25, -0.2) is 4.39 Å². The number of hydrogen-bond acceptors (Lipinski definition) is 3. The lowest BCUT2D eigenvalue weighted by Gasteiger charge is -2.18. The van der Waals surface area contributed by atoms with Crippen LogP contribution in [0.5, 0.6) is 5.75 Å². The van der Waals surface area contributed by atoms with E-state index in [4.69, 9.17) is 4.74 Å². The Morgan fingerprint density at radius 3 is 2.57 bits per heavy atom. The highest BCUT2D eigenvalue weighted by atomic mass is 19.1. The summed E-state index contributed by atoms with van der Waals surface area (Å²) in [6.45, 7) is 7.11. The summed E-state index contributed by atoms with van der Waals surface area (Å²) in [4.78, 5) is 0. The molecule has 0 fully saturated rings. The van der Waals surface area contributed by atoms with Crippen molar-refractivity contribution in [3.63, 3.8) is 0 Å². The van der Waals surface area contributed by atoms with Gasteiger partial charge in [-0.3, -0.25) is 0 Å². The van der Waals surface area contributed by atoms with E-state index in [2.05, 4.69) is 26.1 Å². The van der Waals surface area contributed by atoms with Gasteiger partial charge >= 0.3 is 0 Å². The van der Waals surface area contributed by atoms with Gasteiger partial charge in [-0.1, -0.05) is 38.8 Å². The Labute approximate surface area is 127 Å². The van der Waals surface area contributed by atoms with Gasteiger partial charge in [-0.05, 0) is 31.4 Å². The minimum atomic E-state index is -0.642. The van der Waals surface area contributed by atoms with E-state index in [1.54, 1.807) is 18.2 Å². The molecular formula is C17H28FNO2. The topological polar surface area (TPSA) is 41.5 Å². The largest absolute Gasteiger partial charge is 0.488 e. The average Bonchev–Trinajstić information content (AvgIpc) is 2.44. The van der Waals surface area contributed by atoms with Gasteiger partial charge in [0.1, 0.15) is 12.7 Å². The maximum atomic E-state index is 13.3. The molecule has 0 aliphatic carbocycles. The van der Waals surface area contributed by atoms with Gasteiger partial charge in [-0.15, -0.1) is 0 Å². The summed E-state index contributed by atoms with van der Waals surface area (Å²) in [6, 6.07) is 6.59. The molecule has 0 amide bonds. The van der Waals surface area contributed by atoms with Crippen molar-refractivity contribution in [1.29, 1.82) is 0 Å². The first kappa shape index (κ1) is 17.9. The number of aliphatic hydroxyl groups is 1. The summed E-state index contributed by atoms with van der Waals surface area (Å²) in [5, 5.41) is 13.1. The van der Waals surface area contributed by atoms with Crippen molar-refractivity contribution in [3.8, 4) is 5.75 Å². The molecular weight excluding hydrogens is 269 g/mol. The molecule has 0 aliphatic heterocycles. The van der Waals surface area contributed by atoms with Crippen molar-refractivity contribution in [2.75, 3.05) is 13.2 Å². The summed E-state index contributed by atoms with van der Waals surface area (Å²) >= 11 is 0. The van der Waals surface area contributed by atoms with Crippen LogP contribution in [-0.4, -0.2) is 30.4 Å². The van der Waals surface area contributed by atoms with Gasteiger partial charge in [0.05, 0.1) is 0 Å². The summed E-state index contributed by atoms with van der Waals surface area (Å²) < 4.78 is 18.6. The highest BCUT2D eigenvalue weighted by molar-refractivity contribution is 5.23. The Hall–Kier alpha value is -1.13. The average molecular weight is 297 g/mol. The molecule has 1 aromatic rings. The zero-order chi connectivity index (χ0) is 15.7. The van der Waals surface area contributed by atoms with Crippen LogP contribution in [0.25, 0.3) is 0 Å². The highest BCUT2D eigenvalue weighted by Crippen LogP contribution is 2.15. The van der Waals surface area contributed by atoms with Crippen LogP contribution >= 0.6 is 0 Å². The summed E-state index contributed by atoms with van der Waals surface area (Å²) in [7, 11) is 0. The maximum Gasteiger partial charge on any atom is 0.165 e. The van der Waals surface area contributed by atoms with Crippen LogP contribution in [-0.2, 0) is 0 Å². The smallest absolute Gasteiger partial charge is 0.165 e. The monoisotopic (exact) mass is 297 g/mol. The van der Waals surface area contributed by atoms with E-state index < -0.39 is 11.9 Å². The van der Waals surface area contributed by atoms with Crippen LogP contribution in [0.2, 0.25) is 0 Å². The van der Waals surface area contributed by atoms with Crippen molar-refractivity contribution in [2.24, 2.45) is 5.92 Å². The molecule has 0 aromatic heterocycles. The zero-order valence-electron chi connectivity index (χ0n) is 13.3. The van der Waals surface area contributed by atoms with Gasteiger partial charge < -0.3 is 15.2 Å². The Morgan fingerprint density at radius 2 is 1.90 bits per heavy atom. The fraction of sp³-hybridized carbons (Fsp3) is 0.647. The third-order valence-electron chi connectivity index (χ3n) is 3.39. The van der Waals surface area contributed by atoms with Gasteiger partial charge in [0.2, 0.25) is 0 Å². The summed E-state index contributed by atoms with van der Waals surface area (Å²) in [5.74, 6) is 0.512. The molecule has 0 saturated carbocycles. The van der Waals surface area contributed by atoms with E-state index in [0.29, 0.717) is 12.6 Å². The minimum Gasteiger partial charge on any atom is -0.488 e. The standard InChI is InChI=1S/C17H28FNO2/c1-13(2)7-6-8-14(3)19-11-15(20)12-21-17-10-5-4-9-16(17)18/h4-5,9-10,13-15,19-20H,6-8,11-12H2,1-3H3. The molecule has 21 heavy (non-hydrogen) atoms. The van der Waals surface area contributed by atoms with E-state index >= 15 is 0 Å². The second-order valence-electron chi connectivity index (χ2n) is 6.03. The number of nitrogens with one attached hydrogen (secondary N) is 1. The van der Waals surface area contributed by atoms with Crippen LogP contribution in [0.3, 0.4) is 0 Å². The second kappa shape index (κ2) is 9.74. The van der Waals surface area contributed by atoms with Gasteiger partial charge in [0, 0.05) is 12.6 Å². The molecule has 2 unspecified atom stereocenters. The first-order valence-electron chi connectivity index (χ1n) is 7.77. The number of para-hydroxylation sites is 1. The number of hydrogen-bond donors (Lipinski definition) is 2. The molecule has 2 atom stereocenters. The van der Waals surface area contributed by atoms with Crippen molar-refractivity contribution in [3.05, 3.63) is 30.1 Å². The van der Waals surface area contributed by atoms with Crippen molar-refractivity contribution in [1.82, 2.24) is 5.32 Å². The number of rotatable bonds is 10. The first-order valence-corrected chi connectivity index (χ1v) is 7.77. The molecule has 3 nitrogen and oxygen atoms in total. The predicted molar refractivity (Wildman–Crippen MR) is 84.1 cm³/mol. The molecule has 0 radical (unpaired) electrons. The predicted octanol–water partition coefficient (Wildman–Crippen LogP) is 3.37. The fourth-order valence-electron chi connectivity index (χ4n) is 2.08. The van der Waals surface area contributed by atoms with Crippen LogP contribution in [0.15, 0.2) is 24.3 Å². The summed E-state index contributed by atoms with van der Waals surface area (Å²) in [5.41, 5.74) is 0. The molecule has 4 heteroatoms. The van der Waals surface area contributed by atoms with E-state index in [0.717, 1.165) is 12.3 Å². The third-order valence-corrected chi connectivity index (χ3v) is 3.39. The van der Waals surface area contributed by atoms with Gasteiger partial charge in [-0.2, -0.15) is 0 Å². The quantitative estimate of drug-likeness (QED) is 0.696. The van der Waals surface area contributed by atoms with E-state index in [1.807, 2.05) is 0 Å². The Balaban J connectivity index is 2.16. The van der Waals surface area contributed by atoms with E-state index in [9.17, 15) is 9.50 Å². The molecule has 0 saturated heterocycles. The Bertz CT molecular complexity index is 398. The second-order valence-corrected chi connectivity index (χ2v) is 6.03. The number of benzene rings is 1. The molecule has 1 rings (SSSR count). The number of ether oxygens (including phenoxy) is 1. The van der Waals surface area contributed by atoms with Gasteiger partial charge in [0.25, 0.3) is 0 Å².